The van der Waals surface area contributed by atoms with Crippen molar-refractivity contribution in [2.75, 3.05) is 0 Å². The predicted molar refractivity (Wildman–Crippen MR) is 49.9 cm³/mol. The summed E-state index contributed by atoms with van der Waals surface area (Å²) in [6, 6.07) is 4.53. The molecular formula is C9H10BrFO. The Balaban J connectivity index is 3.19. The molecule has 1 aromatic carbocycles. The van der Waals surface area contributed by atoms with Crippen molar-refractivity contribution in [2.45, 2.75) is 19.5 Å². The molecule has 0 aliphatic carbocycles. The standard InChI is InChI=1S/C9H10BrFO/c1-9(2,11)7-4-3-6(12)5-8(7)10/h3-5,12H,1-2H3. The van der Waals surface area contributed by atoms with Crippen molar-refractivity contribution in [3.05, 3.63) is 28.2 Å². The van der Waals surface area contributed by atoms with Crippen molar-refractivity contribution in [3.8, 4) is 5.75 Å². The van der Waals surface area contributed by atoms with E-state index in [1.54, 1.807) is 6.07 Å². The zero-order valence-corrected chi connectivity index (χ0v) is 8.52. The highest BCUT2D eigenvalue weighted by atomic mass is 79.9. The van der Waals surface area contributed by atoms with Crippen LogP contribution in [0.15, 0.2) is 22.7 Å². The summed E-state index contributed by atoms with van der Waals surface area (Å²) in [6.07, 6.45) is 0. The predicted octanol–water partition coefficient (Wildman–Crippen LogP) is 3.36. The lowest BCUT2D eigenvalue weighted by Gasteiger charge is -2.16. The number of phenolic OH excluding ortho intramolecular Hbond substituents is 1. The number of aromatic hydroxyl groups is 1. The Morgan fingerprint density at radius 1 is 1.42 bits per heavy atom. The number of phenols is 1. The molecule has 1 nitrogen and oxygen atoms in total. The van der Waals surface area contributed by atoms with Crippen LogP contribution in [0.3, 0.4) is 0 Å². The second-order valence-electron chi connectivity index (χ2n) is 3.14. The maximum Gasteiger partial charge on any atom is 0.131 e. The van der Waals surface area contributed by atoms with Gasteiger partial charge in [0.2, 0.25) is 0 Å². The van der Waals surface area contributed by atoms with Gasteiger partial charge in [0.1, 0.15) is 11.4 Å². The number of hydrogen-bond donors (Lipinski definition) is 1. The third-order valence-electron chi connectivity index (χ3n) is 1.59. The Morgan fingerprint density at radius 3 is 2.42 bits per heavy atom. The highest BCUT2D eigenvalue weighted by Crippen LogP contribution is 2.33. The van der Waals surface area contributed by atoms with Gasteiger partial charge in [0.25, 0.3) is 0 Å². The van der Waals surface area contributed by atoms with E-state index in [9.17, 15) is 4.39 Å². The number of halogens is 2. The van der Waals surface area contributed by atoms with Crippen LogP contribution >= 0.6 is 15.9 Å². The van der Waals surface area contributed by atoms with Crippen LogP contribution in [0.2, 0.25) is 0 Å². The monoisotopic (exact) mass is 232 g/mol. The fraction of sp³-hybridized carbons (Fsp3) is 0.333. The van der Waals surface area contributed by atoms with Gasteiger partial charge in [-0.2, -0.15) is 0 Å². The van der Waals surface area contributed by atoms with Crippen LogP contribution in [0.4, 0.5) is 4.39 Å². The molecule has 66 valence electrons. The molecule has 0 atom stereocenters. The minimum absolute atomic E-state index is 0.134. The van der Waals surface area contributed by atoms with Gasteiger partial charge in [-0.25, -0.2) is 4.39 Å². The molecule has 3 heteroatoms. The minimum Gasteiger partial charge on any atom is -0.508 e. The molecule has 0 bridgehead atoms. The van der Waals surface area contributed by atoms with E-state index in [2.05, 4.69) is 15.9 Å². The van der Waals surface area contributed by atoms with Gasteiger partial charge in [0.05, 0.1) is 0 Å². The summed E-state index contributed by atoms with van der Waals surface area (Å²) < 4.78 is 14.0. The molecule has 0 spiro atoms. The van der Waals surface area contributed by atoms with E-state index >= 15 is 0 Å². The lowest BCUT2D eigenvalue weighted by molar-refractivity contribution is 0.220. The third kappa shape index (κ3) is 1.97. The van der Waals surface area contributed by atoms with E-state index in [1.165, 1.54) is 26.0 Å². The first-order valence-electron chi connectivity index (χ1n) is 3.59. The molecule has 0 aromatic heterocycles. The summed E-state index contributed by atoms with van der Waals surface area (Å²) >= 11 is 3.18. The van der Waals surface area contributed by atoms with Crippen LogP contribution in [0.5, 0.6) is 5.75 Å². The Bertz CT molecular complexity index is 291. The lowest BCUT2D eigenvalue weighted by Crippen LogP contribution is -2.09. The minimum atomic E-state index is -1.38. The molecule has 1 rings (SSSR count). The van der Waals surface area contributed by atoms with Crippen molar-refractivity contribution in [3.63, 3.8) is 0 Å². The van der Waals surface area contributed by atoms with Gasteiger partial charge >= 0.3 is 0 Å². The summed E-state index contributed by atoms with van der Waals surface area (Å²) in [6.45, 7) is 2.95. The smallest absolute Gasteiger partial charge is 0.131 e. The van der Waals surface area contributed by atoms with Crippen molar-refractivity contribution in [1.29, 1.82) is 0 Å². The Kier molecular flexibility index (Phi) is 2.42. The van der Waals surface area contributed by atoms with Crippen LogP contribution in [0.25, 0.3) is 0 Å². The van der Waals surface area contributed by atoms with E-state index in [1.807, 2.05) is 0 Å². The van der Waals surface area contributed by atoms with Crippen molar-refractivity contribution < 1.29 is 9.50 Å². The number of alkyl halides is 1. The quantitative estimate of drug-likeness (QED) is 0.788. The SMILES string of the molecule is CC(C)(F)c1ccc(O)cc1Br. The van der Waals surface area contributed by atoms with E-state index in [4.69, 9.17) is 5.11 Å². The molecule has 1 N–H and O–H groups in total. The van der Waals surface area contributed by atoms with Crippen molar-refractivity contribution in [1.82, 2.24) is 0 Å². The Morgan fingerprint density at radius 2 is 2.00 bits per heavy atom. The van der Waals surface area contributed by atoms with Gasteiger partial charge in [-0.05, 0) is 26.0 Å². The second-order valence-corrected chi connectivity index (χ2v) is 3.99. The molecule has 0 radical (unpaired) electrons. The van der Waals surface area contributed by atoms with Crippen molar-refractivity contribution >= 4 is 15.9 Å². The number of rotatable bonds is 1. The summed E-state index contributed by atoms with van der Waals surface area (Å²) in [5, 5.41) is 9.05. The normalized spacial score (nSPS) is 11.7. The maximum absolute atomic E-state index is 13.4. The first kappa shape index (κ1) is 9.52. The van der Waals surface area contributed by atoms with E-state index < -0.39 is 5.67 Å². The van der Waals surface area contributed by atoms with Crippen LogP contribution in [-0.2, 0) is 5.67 Å². The lowest BCUT2D eigenvalue weighted by atomic mass is 10.0. The first-order valence-corrected chi connectivity index (χ1v) is 4.38. The van der Waals surface area contributed by atoms with Gasteiger partial charge in [0.15, 0.2) is 0 Å². The highest BCUT2D eigenvalue weighted by molar-refractivity contribution is 9.10. The Labute approximate surface area is 79.4 Å². The average molecular weight is 233 g/mol. The van der Waals surface area contributed by atoms with Gasteiger partial charge in [0, 0.05) is 10.0 Å². The zero-order valence-electron chi connectivity index (χ0n) is 6.94. The molecule has 0 saturated heterocycles. The summed E-state index contributed by atoms with van der Waals surface area (Å²) in [7, 11) is 0. The molecule has 1 aromatic rings. The topological polar surface area (TPSA) is 20.2 Å². The summed E-state index contributed by atoms with van der Waals surface area (Å²) in [5.41, 5.74) is -0.840. The largest absolute Gasteiger partial charge is 0.508 e. The molecule has 0 amide bonds. The third-order valence-corrected chi connectivity index (χ3v) is 2.25. The molecule has 0 aliphatic heterocycles. The van der Waals surface area contributed by atoms with E-state index in [0.717, 1.165) is 0 Å². The second kappa shape index (κ2) is 3.05. The molecular weight excluding hydrogens is 223 g/mol. The summed E-state index contributed by atoms with van der Waals surface area (Å²) in [4.78, 5) is 0. The van der Waals surface area contributed by atoms with Crippen LogP contribution in [0, 0.1) is 0 Å². The fourth-order valence-electron chi connectivity index (χ4n) is 0.986. The molecule has 12 heavy (non-hydrogen) atoms. The molecule has 0 heterocycles. The van der Waals surface area contributed by atoms with Crippen LogP contribution < -0.4 is 0 Å². The van der Waals surface area contributed by atoms with E-state index in [-0.39, 0.29) is 5.75 Å². The van der Waals surface area contributed by atoms with Crippen molar-refractivity contribution in [2.24, 2.45) is 0 Å². The zero-order chi connectivity index (χ0) is 9.35. The first-order chi connectivity index (χ1) is 5.41. The fourth-order valence-corrected chi connectivity index (χ4v) is 1.82. The molecule has 0 unspecified atom stereocenters. The average Bonchev–Trinajstić information content (AvgIpc) is 1.83. The Hall–Kier alpha value is -0.570. The highest BCUT2D eigenvalue weighted by Gasteiger charge is 2.21. The molecule has 0 saturated carbocycles. The van der Waals surface area contributed by atoms with Gasteiger partial charge < -0.3 is 5.11 Å². The molecule has 0 fully saturated rings. The number of benzene rings is 1. The van der Waals surface area contributed by atoms with Gasteiger partial charge in [-0.3, -0.25) is 0 Å². The maximum atomic E-state index is 13.4. The van der Waals surface area contributed by atoms with Gasteiger partial charge in [-0.1, -0.05) is 22.0 Å². The number of hydrogen-bond acceptors (Lipinski definition) is 1. The van der Waals surface area contributed by atoms with Gasteiger partial charge in [-0.15, -0.1) is 0 Å². The summed E-state index contributed by atoms with van der Waals surface area (Å²) in [5.74, 6) is 0.134. The molecule has 0 aliphatic rings. The van der Waals surface area contributed by atoms with Crippen LogP contribution in [-0.4, -0.2) is 5.11 Å². The van der Waals surface area contributed by atoms with Crippen LogP contribution in [0.1, 0.15) is 19.4 Å². The van der Waals surface area contributed by atoms with E-state index in [0.29, 0.717) is 10.0 Å².